The fourth-order valence-electron chi connectivity index (χ4n) is 2.07. The van der Waals surface area contributed by atoms with Crippen LogP contribution in [0.3, 0.4) is 0 Å². The number of carbonyl (C=O) groups is 1. The van der Waals surface area contributed by atoms with E-state index in [2.05, 4.69) is 15.5 Å². The lowest BCUT2D eigenvalue weighted by molar-refractivity contribution is 0.251. The molecule has 2 aromatic carbocycles. The van der Waals surface area contributed by atoms with Crippen molar-refractivity contribution in [3.8, 4) is 0 Å². The Morgan fingerprint density at radius 3 is 2.30 bits per heavy atom. The zero-order valence-corrected chi connectivity index (χ0v) is 13.1. The van der Waals surface area contributed by atoms with E-state index in [1.165, 1.54) is 11.6 Å². The zero-order valence-electron chi connectivity index (χ0n) is 13.1. The molecule has 23 heavy (non-hydrogen) atoms. The van der Waals surface area contributed by atoms with Crippen molar-refractivity contribution < 1.29 is 13.6 Å². The van der Waals surface area contributed by atoms with Crippen LogP contribution < -0.4 is 10.6 Å². The average molecular weight is 319 g/mol. The number of rotatable bonds is 5. The predicted molar refractivity (Wildman–Crippen MR) is 86.0 cm³/mol. The maximum atomic E-state index is 13.4. The lowest BCUT2D eigenvalue weighted by Crippen LogP contribution is -2.28. The van der Waals surface area contributed by atoms with Crippen LogP contribution in [0.15, 0.2) is 42.5 Å². The number of nitrogens with zero attached hydrogens (tertiary/aromatic N) is 1. The van der Waals surface area contributed by atoms with Gasteiger partial charge in [-0.15, -0.1) is 0 Å². The molecule has 0 aliphatic carbocycles. The fraction of sp³-hybridized carbons (Fsp3) is 0.235. The molecule has 0 saturated carbocycles. The summed E-state index contributed by atoms with van der Waals surface area (Å²) >= 11 is 0. The van der Waals surface area contributed by atoms with Crippen LogP contribution in [0.1, 0.15) is 11.1 Å². The molecule has 0 saturated heterocycles. The molecule has 0 aromatic heterocycles. The third kappa shape index (κ3) is 5.34. The highest BCUT2D eigenvalue weighted by atomic mass is 19.1. The maximum Gasteiger partial charge on any atom is 0.319 e. The molecule has 0 heterocycles. The van der Waals surface area contributed by atoms with Crippen LogP contribution in [-0.2, 0) is 13.1 Å². The summed E-state index contributed by atoms with van der Waals surface area (Å²) in [5.74, 6) is -1.50. The van der Waals surface area contributed by atoms with Gasteiger partial charge in [-0.2, -0.15) is 0 Å². The summed E-state index contributed by atoms with van der Waals surface area (Å²) in [6.45, 7) is 1.16. The largest absolute Gasteiger partial charge is 0.334 e. The van der Waals surface area contributed by atoms with Gasteiger partial charge in [0.2, 0.25) is 0 Å². The first-order valence-electron chi connectivity index (χ1n) is 7.16. The van der Waals surface area contributed by atoms with Gasteiger partial charge in [0.1, 0.15) is 11.6 Å². The second-order valence-electron chi connectivity index (χ2n) is 5.49. The van der Waals surface area contributed by atoms with E-state index < -0.39 is 17.7 Å². The molecule has 0 spiro atoms. The van der Waals surface area contributed by atoms with Gasteiger partial charge in [0, 0.05) is 19.2 Å². The average Bonchev–Trinajstić information content (AvgIpc) is 2.49. The van der Waals surface area contributed by atoms with Gasteiger partial charge in [-0.1, -0.05) is 24.3 Å². The molecule has 2 N–H and O–H groups in total. The van der Waals surface area contributed by atoms with Gasteiger partial charge in [-0.3, -0.25) is 0 Å². The normalized spacial score (nSPS) is 10.7. The van der Waals surface area contributed by atoms with Crippen LogP contribution in [0.25, 0.3) is 0 Å². The summed E-state index contributed by atoms with van der Waals surface area (Å²) in [6, 6.07) is 10.3. The Bertz CT molecular complexity index is 672. The van der Waals surface area contributed by atoms with Crippen LogP contribution in [0.2, 0.25) is 0 Å². The van der Waals surface area contributed by atoms with Crippen molar-refractivity contribution in [3.63, 3.8) is 0 Å². The summed E-state index contributed by atoms with van der Waals surface area (Å²) in [7, 11) is 3.99. The van der Waals surface area contributed by atoms with E-state index in [1.807, 2.05) is 38.4 Å². The predicted octanol–water partition coefficient (Wildman–Crippen LogP) is 3.35. The highest BCUT2D eigenvalue weighted by molar-refractivity contribution is 5.89. The van der Waals surface area contributed by atoms with Crippen LogP contribution in [-0.4, -0.2) is 25.0 Å². The maximum absolute atomic E-state index is 13.4. The third-order valence-electron chi connectivity index (χ3n) is 3.15. The van der Waals surface area contributed by atoms with E-state index in [-0.39, 0.29) is 5.69 Å². The van der Waals surface area contributed by atoms with E-state index in [0.717, 1.165) is 24.2 Å². The van der Waals surface area contributed by atoms with Gasteiger partial charge in [0.05, 0.1) is 5.69 Å². The molecule has 0 unspecified atom stereocenters. The van der Waals surface area contributed by atoms with E-state index in [9.17, 15) is 13.6 Å². The van der Waals surface area contributed by atoms with E-state index >= 15 is 0 Å². The number of halogens is 2. The number of benzene rings is 2. The van der Waals surface area contributed by atoms with Crippen molar-refractivity contribution in [2.75, 3.05) is 19.4 Å². The van der Waals surface area contributed by atoms with Crippen LogP contribution >= 0.6 is 0 Å². The van der Waals surface area contributed by atoms with Gasteiger partial charge in [0.15, 0.2) is 0 Å². The molecule has 2 rings (SSSR count). The molecule has 0 radical (unpaired) electrons. The number of anilines is 1. The van der Waals surface area contributed by atoms with E-state index in [4.69, 9.17) is 0 Å². The summed E-state index contributed by atoms with van der Waals surface area (Å²) < 4.78 is 26.2. The molecule has 0 aliphatic heterocycles. The molecular formula is C17H19F2N3O. The van der Waals surface area contributed by atoms with Crippen molar-refractivity contribution in [2.45, 2.75) is 13.1 Å². The molecule has 0 fully saturated rings. The van der Waals surface area contributed by atoms with E-state index in [1.54, 1.807) is 0 Å². The lowest BCUT2D eigenvalue weighted by Gasteiger charge is -2.11. The van der Waals surface area contributed by atoms with Gasteiger partial charge < -0.3 is 15.5 Å². The highest BCUT2D eigenvalue weighted by Gasteiger charge is 2.07. The zero-order chi connectivity index (χ0) is 16.8. The Morgan fingerprint density at radius 2 is 1.70 bits per heavy atom. The van der Waals surface area contributed by atoms with Crippen molar-refractivity contribution in [1.82, 2.24) is 10.2 Å². The Balaban J connectivity index is 1.86. The summed E-state index contributed by atoms with van der Waals surface area (Å²) in [4.78, 5) is 13.8. The molecule has 122 valence electrons. The number of hydrogen-bond donors (Lipinski definition) is 2. The topological polar surface area (TPSA) is 44.4 Å². The van der Waals surface area contributed by atoms with Gasteiger partial charge in [-0.05, 0) is 37.4 Å². The SMILES string of the molecule is CN(C)Cc1ccc(CNC(=O)Nc2ccc(F)cc2F)cc1. The molecule has 0 atom stereocenters. The number of carbonyl (C=O) groups excluding carboxylic acids is 1. The molecule has 0 bridgehead atoms. The van der Waals surface area contributed by atoms with Gasteiger partial charge in [0.25, 0.3) is 0 Å². The Labute approximate surface area is 134 Å². The standard InChI is InChI=1S/C17H19F2N3O/c1-22(2)11-13-5-3-12(4-6-13)10-20-17(23)21-16-8-7-14(18)9-15(16)19/h3-9H,10-11H2,1-2H3,(H2,20,21,23). The quantitative estimate of drug-likeness (QED) is 0.888. The minimum atomic E-state index is -0.812. The lowest BCUT2D eigenvalue weighted by atomic mass is 10.1. The minimum Gasteiger partial charge on any atom is -0.334 e. The van der Waals surface area contributed by atoms with Crippen molar-refractivity contribution in [1.29, 1.82) is 0 Å². The van der Waals surface area contributed by atoms with Gasteiger partial charge >= 0.3 is 6.03 Å². The number of urea groups is 1. The molecule has 2 amide bonds. The van der Waals surface area contributed by atoms with Crippen LogP contribution in [0.5, 0.6) is 0 Å². The Hall–Kier alpha value is -2.47. The number of hydrogen-bond acceptors (Lipinski definition) is 2. The van der Waals surface area contributed by atoms with E-state index in [0.29, 0.717) is 6.54 Å². The number of amides is 2. The summed E-state index contributed by atoms with van der Waals surface area (Å²) in [5.41, 5.74) is 2.05. The van der Waals surface area contributed by atoms with Crippen LogP contribution in [0.4, 0.5) is 19.3 Å². The monoisotopic (exact) mass is 319 g/mol. The minimum absolute atomic E-state index is 0.0646. The fourth-order valence-corrected chi connectivity index (χ4v) is 2.07. The Kier molecular flexibility index (Phi) is 5.65. The first kappa shape index (κ1) is 16.9. The first-order chi connectivity index (χ1) is 10.9. The smallest absolute Gasteiger partial charge is 0.319 e. The Morgan fingerprint density at radius 1 is 1.04 bits per heavy atom. The summed E-state index contributed by atoms with van der Waals surface area (Å²) in [6.07, 6.45) is 0. The second kappa shape index (κ2) is 7.69. The number of nitrogens with one attached hydrogen (secondary N) is 2. The molecule has 2 aromatic rings. The molecular weight excluding hydrogens is 300 g/mol. The molecule has 6 heteroatoms. The third-order valence-corrected chi connectivity index (χ3v) is 3.15. The van der Waals surface area contributed by atoms with Crippen molar-refractivity contribution in [2.24, 2.45) is 0 Å². The second-order valence-corrected chi connectivity index (χ2v) is 5.49. The first-order valence-corrected chi connectivity index (χ1v) is 7.16. The molecule has 4 nitrogen and oxygen atoms in total. The highest BCUT2D eigenvalue weighted by Crippen LogP contribution is 2.14. The van der Waals surface area contributed by atoms with Crippen molar-refractivity contribution in [3.05, 3.63) is 65.2 Å². The molecule has 0 aliphatic rings. The van der Waals surface area contributed by atoms with Crippen molar-refractivity contribution >= 4 is 11.7 Å². The van der Waals surface area contributed by atoms with Crippen LogP contribution in [0, 0.1) is 11.6 Å². The van der Waals surface area contributed by atoms with Gasteiger partial charge in [-0.25, -0.2) is 13.6 Å². The summed E-state index contributed by atoms with van der Waals surface area (Å²) in [5, 5.41) is 4.98.